The van der Waals surface area contributed by atoms with Crippen molar-refractivity contribution >= 4 is 17.6 Å². The summed E-state index contributed by atoms with van der Waals surface area (Å²) in [6.45, 7) is 2.71. The highest BCUT2D eigenvalue weighted by atomic mass is 32.1. The van der Waals surface area contributed by atoms with E-state index in [0.717, 1.165) is 23.2 Å². The Morgan fingerprint density at radius 1 is 1.40 bits per heavy atom. The lowest BCUT2D eigenvalue weighted by Crippen LogP contribution is -2.06. The Morgan fingerprint density at radius 3 is 2.95 bits per heavy atom. The number of aromatic nitrogens is 2. The summed E-state index contributed by atoms with van der Waals surface area (Å²) in [7, 11) is 0. The van der Waals surface area contributed by atoms with E-state index in [-0.39, 0.29) is 0 Å². The van der Waals surface area contributed by atoms with Gasteiger partial charge in [0.15, 0.2) is 6.29 Å². The zero-order valence-corrected chi connectivity index (χ0v) is 12.7. The molecular formula is C16H20N2OS. The molecule has 0 N–H and O–H groups in total. The second-order valence-electron chi connectivity index (χ2n) is 5.70. The van der Waals surface area contributed by atoms with Gasteiger partial charge in [-0.25, -0.2) is 4.98 Å². The lowest BCUT2D eigenvalue weighted by atomic mass is 9.90. The summed E-state index contributed by atoms with van der Waals surface area (Å²) in [6.07, 6.45) is 9.56. The predicted molar refractivity (Wildman–Crippen MR) is 81.6 cm³/mol. The standard InChI is InChI=1S/C16H20N2OS/c1-12-7-15(10-19)18(8-12)9-14-11-20-16(17-14)13-5-3-2-4-6-13/h7-8,10-11,13H,2-6,9H2,1H3. The molecule has 0 amide bonds. The van der Waals surface area contributed by atoms with E-state index in [1.807, 2.05) is 23.8 Å². The van der Waals surface area contributed by atoms with Crippen molar-refractivity contribution in [2.75, 3.05) is 0 Å². The van der Waals surface area contributed by atoms with Crippen LogP contribution in [0.15, 0.2) is 17.6 Å². The van der Waals surface area contributed by atoms with Crippen molar-refractivity contribution in [3.63, 3.8) is 0 Å². The third-order valence-electron chi connectivity index (χ3n) is 4.04. The average molecular weight is 288 g/mol. The zero-order chi connectivity index (χ0) is 13.9. The SMILES string of the molecule is Cc1cc(C=O)n(Cc2csc(C3CCCCC3)n2)c1. The van der Waals surface area contributed by atoms with Gasteiger partial charge in [0.1, 0.15) is 0 Å². The lowest BCUT2D eigenvalue weighted by molar-refractivity contribution is 0.111. The summed E-state index contributed by atoms with van der Waals surface area (Å²) in [5.41, 5.74) is 2.93. The molecule has 4 heteroatoms. The smallest absolute Gasteiger partial charge is 0.166 e. The minimum Gasteiger partial charge on any atom is -0.339 e. The Kier molecular flexibility index (Phi) is 4.01. The second-order valence-corrected chi connectivity index (χ2v) is 6.59. The highest BCUT2D eigenvalue weighted by molar-refractivity contribution is 7.09. The van der Waals surface area contributed by atoms with Crippen LogP contribution in [-0.2, 0) is 6.54 Å². The first-order valence-electron chi connectivity index (χ1n) is 7.32. The fourth-order valence-corrected chi connectivity index (χ4v) is 4.00. The summed E-state index contributed by atoms with van der Waals surface area (Å²) >= 11 is 1.78. The molecule has 0 unspecified atom stereocenters. The molecular weight excluding hydrogens is 268 g/mol. The highest BCUT2D eigenvalue weighted by Crippen LogP contribution is 2.34. The molecule has 106 valence electrons. The molecule has 0 radical (unpaired) electrons. The summed E-state index contributed by atoms with van der Waals surface area (Å²) in [5.74, 6) is 0.666. The van der Waals surface area contributed by atoms with Crippen LogP contribution in [0, 0.1) is 6.92 Å². The van der Waals surface area contributed by atoms with Crippen LogP contribution >= 0.6 is 11.3 Å². The fourth-order valence-electron chi connectivity index (χ4n) is 3.02. The molecule has 0 aliphatic heterocycles. The molecule has 3 nitrogen and oxygen atoms in total. The van der Waals surface area contributed by atoms with Gasteiger partial charge in [-0.15, -0.1) is 11.3 Å². The van der Waals surface area contributed by atoms with Gasteiger partial charge in [-0.1, -0.05) is 19.3 Å². The molecule has 3 rings (SSSR count). The topological polar surface area (TPSA) is 34.9 Å². The Balaban J connectivity index is 1.74. The molecule has 2 aromatic heterocycles. The number of nitrogens with zero attached hydrogens (tertiary/aromatic N) is 2. The van der Waals surface area contributed by atoms with Crippen molar-refractivity contribution in [3.8, 4) is 0 Å². The molecule has 0 atom stereocenters. The first kappa shape index (κ1) is 13.6. The molecule has 1 aliphatic carbocycles. The average Bonchev–Trinajstić information content (AvgIpc) is 3.07. The molecule has 0 spiro atoms. The van der Waals surface area contributed by atoms with E-state index < -0.39 is 0 Å². The Labute approximate surface area is 123 Å². The zero-order valence-electron chi connectivity index (χ0n) is 11.8. The van der Waals surface area contributed by atoms with Gasteiger partial charge in [-0.2, -0.15) is 0 Å². The number of hydrogen-bond acceptors (Lipinski definition) is 3. The Morgan fingerprint density at radius 2 is 2.20 bits per heavy atom. The minimum absolute atomic E-state index is 0.666. The third-order valence-corrected chi connectivity index (χ3v) is 5.10. The molecule has 2 aromatic rings. The van der Waals surface area contributed by atoms with Crippen molar-refractivity contribution in [2.45, 2.75) is 51.5 Å². The maximum absolute atomic E-state index is 11.0. The quantitative estimate of drug-likeness (QED) is 0.792. The van der Waals surface area contributed by atoms with Crippen molar-refractivity contribution < 1.29 is 4.79 Å². The Bertz CT molecular complexity index is 593. The molecule has 2 heterocycles. The van der Waals surface area contributed by atoms with E-state index in [1.165, 1.54) is 37.1 Å². The van der Waals surface area contributed by atoms with Gasteiger partial charge in [0.25, 0.3) is 0 Å². The first-order valence-corrected chi connectivity index (χ1v) is 8.20. The maximum atomic E-state index is 11.0. The van der Waals surface area contributed by atoms with Crippen molar-refractivity contribution in [2.24, 2.45) is 0 Å². The number of carbonyl (C=O) groups excluding carboxylic acids is 1. The Hall–Kier alpha value is -1.42. The number of aldehydes is 1. The van der Waals surface area contributed by atoms with Crippen molar-refractivity contribution in [1.29, 1.82) is 0 Å². The van der Waals surface area contributed by atoms with E-state index in [9.17, 15) is 4.79 Å². The summed E-state index contributed by atoms with van der Waals surface area (Å²) in [6, 6.07) is 1.92. The molecule has 1 aliphatic rings. The number of carbonyl (C=O) groups is 1. The van der Waals surface area contributed by atoms with Gasteiger partial charge in [-0.3, -0.25) is 4.79 Å². The molecule has 0 saturated heterocycles. The van der Waals surface area contributed by atoms with Gasteiger partial charge < -0.3 is 4.57 Å². The van der Waals surface area contributed by atoms with E-state index in [1.54, 1.807) is 11.3 Å². The summed E-state index contributed by atoms with van der Waals surface area (Å²) in [5, 5.41) is 3.43. The number of aryl methyl sites for hydroxylation is 1. The summed E-state index contributed by atoms with van der Waals surface area (Å²) < 4.78 is 1.99. The third kappa shape index (κ3) is 2.85. The number of thiazole rings is 1. The summed E-state index contributed by atoms with van der Waals surface area (Å²) in [4.78, 5) is 15.8. The van der Waals surface area contributed by atoms with Crippen LogP contribution < -0.4 is 0 Å². The van der Waals surface area contributed by atoms with Gasteiger partial charge in [0.05, 0.1) is 22.9 Å². The number of hydrogen-bond donors (Lipinski definition) is 0. The van der Waals surface area contributed by atoms with Crippen LogP contribution in [-0.4, -0.2) is 15.8 Å². The van der Waals surface area contributed by atoms with Gasteiger partial charge in [0.2, 0.25) is 0 Å². The molecule has 1 saturated carbocycles. The van der Waals surface area contributed by atoms with Crippen LogP contribution in [0.3, 0.4) is 0 Å². The van der Waals surface area contributed by atoms with Crippen molar-refractivity contribution in [1.82, 2.24) is 9.55 Å². The molecule has 1 fully saturated rings. The lowest BCUT2D eigenvalue weighted by Gasteiger charge is -2.18. The van der Waals surface area contributed by atoms with Crippen LogP contribution in [0.5, 0.6) is 0 Å². The van der Waals surface area contributed by atoms with Crippen molar-refractivity contribution in [3.05, 3.63) is 39.6 Å². The maximum Gasteiger partial charge on any atom is 0.166 e. The minimum atomic E-state index is 0.666. The van der Waals surface area contributed by atoms with E-state index in [4.69, 9.17) is 4.98 Å². The van der Waals surface area contributed by atoms with E-state index in [0.29, 0.717) is 12.5 Å². The molecule has 0 aromatic carbocycles. The van der Waals surface area contributed by atoms with E-state index in [2.05, 4.69) is 5.38 Å². The van der Waals surface area contributed by atoms with Gasteiger partial charge in [0, 0.05) is 17.5 Å². The van der Waals surface area contributed by atoms with Crippen LogP contribution in [0.25, 0.3) is 0 Å². The van der Waals surface area contributed by atoms with Crippen LogP contribution in [0.1, 0.15) is 64.8 Å². The van der Waals surface area contributed by atoms with Gasteiger partial charge in [-0.05, 0) is 31.4 Å². The first-order chi connectivity index (χ1) is 9.76. The van der Waals surface area contributed by atoms with Crippen LogP contribution in [0.4, 0.5) is 0 Å². The predicted octanol–water partition coefficient (Wildman–Crippen LogP) is 4.16. The van der Waals surface area contributed by atoms with E-state index >= 15 is 0 Å². The normalized spacial score (nSPS) is 16.4. The van der Waals surface area contributed by atoms with Gasteiger partial charge >= 0.3 is 0 Å². The molecule has 0 bridgehead atoms. The number of rotatable bonds is 4. The fraction of sp³-hybridized carbons (Fsp3) is 0.500. The second kappa shape index (κ2) is 5.92. The molecule has 20 heavy (non-hydrogen) atoms. The largest absolute Gasteiger partial charge is 0.339 e. The van der Waals surface area contributed by atoms with Crippen LogP contribution in [0.2, 0.25) is 0 Å². The highest BCUT2D eigenvalue weighted by Gasteiger charge is 2.18. The monoisotopic (exact) mass is 288 g/mol.